The fraction of sp³-hybridized carbons (Fsp3) is 0.235. The highest BCUT2D eigenvalue weighted by atomic mass is 32.2. The van der Waals surface area contributed by atoms with E-state index in [1.165, 1.54) is 28.5 Å². The Kier molecular flexibility index (Phi) is 5.28. The average molecular weight is 300 g/mol. The summed E-state index contributed by atoms with van der Waals surface area (Å²) in [5, 5.41) is 3.44. The molecule has 0 saturated carbocycles. The van der Waals surface area contributed by atoms with Crippen LogP contribution in [0.15, 0.2) is 47.4 Å². The Balaban J connectivity index is 2.07. The van der Waals surface area contributed by atoms with Crippen molar-refractivity contribution in [3.8, 4) is 0 Å². The van der Waals surface area contributed by atoms with Crippen molar-refractivity contribution >= 4 is 23.4 Å². The van der Waals surface area contributed by atoms with E-state index in [2.05, 4.69) is 37.4 Å². The van der Waals surface area contributed by atoms with E-state index in [1.807, 2.05) is 24.3 Å². The molecular weight excluding hydrogens is 280 g/mol. The lowest BCUT2D eigenvalue weighted by Gasteiger charge is -2.13. The van der Waals surface area contributed by atoms with Crippen molar-refractivity contribution in [3.05, 3.63) is 59.2 Å². The highest BCUT2D eigenvalue weighted by molar-refractivity contribution is 8.00. The van der Waals surface area contributed by atoms with Crippen LogP contribution in [0.1, 0.15) is 16.7 Å². The molecule has 0 fully saturated rings. The molecule has 4 heteroatoms. The fourth-order valence-electron chi connectivity index (χ4n) is 2.12. The second kappa shape index (κ2) is 7.18. The number of rotatable bonds is 6. The number of hydrogen-bond acceptors (Lipinski definition) is 3. The molecule has 0 atom stereocenters. The van der Waals surface area contributed by atoms with Crippen LogP contribution in [0, 0.1) is 13.8 Å². The van der Waals surface area contributed by atoms with Crippen molar-refractivity contribution in [1.29, 1.82) is 0 Å². The third-order valence-corrected chi connectivity index (χ3v) is 4.32. The number of primary amides is 1. The Morgan fingerprint density at radius 2 is 1.95 bits per heavy atom. The van der Waals surface area contributed by atoms with E-state index < -0.39 is 0 Å². The number of thioether (sulfide) groups is 1. The molecule has 2 aromatic rings. The van der Waals surface area contributed by atoms with Crippen LogP contribution < -0.4 is 11.1 Å². The summed E-state index contributed by atoms with van der Waals surface area (Å²) in [4.78, 5) is 12.0. The summed E-state index contributed by atoms with van der Waals surface area (Å²) in [7, 11) is 0. The Morgan fingerprint density at radius 1 is 1.19 bits per heavy atom. The summed E-state index contributed by atoms with van der Waals surface area (Å²) in [5.74, 6) is -0.00778. The van der Waals surface area contributed by atoms with Gasteiger partial charge in [0, 0.05) is 17.1 Å². The second-order valence-electron chi connectivity index (χ2n) is 5.03. The molecule has 0 spiro atoms. The number of carbonyl (C=O) groups excluding carboxylic acids is 1. The molecular formula is C17H20N2OS. The summed E-state index contributed by atoms with van der Waals surface area (Å²) < 4.78 is 0. The highest BCUT2D eigenvalue weighted by Gasteiger charge is 2.05. The Labute approximate surface area is 129 Å². The van der Waals surface area contributed by atoms with E-state index in [4.69, 9.17) is 5.73 Å². The first kappa shape index (κ1) is 15.4. The zero-order chi connectivity index (χ0) is 15.2. The van der Waals surface area contributed by atoms with Crippen molar-refractivity contribution < 1.29 is 4.79 Å². The summed E-state index contributed by atoms with van der Waals surface area (Å²) in [5.41, 5.74) is 10.1. The smallest absolute Gasteiger partial charge is 0.227 e. The molecule has 0 bridgehead atoms. The van der Waals surface area contributed by atoms with Gasteiger partial charge in [0.15, 0.2) is 0 Å². The molecule has 0 aromatic heterocycles. The van der Waals surface area contributed by atoms with E-state index in [1.54, 1.807) is 0 Å². The Morgan fingerprint density at radius 3 is 2.67 bits per heavy atom. The van der Waals surface area contributed by atoms with Gasteiger partial charge in [0.1, 0.15) is 0 Å². The van der Waals surface area contributed by atoms with E-state index in [0.717, 1.165) is 17.1 Å². The molecule has 0 aliphatic carbocycles. The monoisotopic (exact) mass is 300 g/mol. The molecule has 3 N–H and O–H groups in total. The summed E-state index contributed by atoms with van der Waals surface area (Å²) in [6, 6.07) is 14.4. The van der Waals surface area contributed by atoms with E-state index in [-0.39, 0.29) is 5.91 Å². The molecule has 0 unspecified atom stereocenters. The summed E-state index contributed by atoms with van der Waals surface area (Å²) in [6.45, 7) is 4.98. The number of para-hydroxylation sites is 1. The average Bonchev–Trinajstić information content (AvgIpc) is 2.45. The summed E-state index contributed by atoms with van der Waals surface area (Å²) in [6.07, 6.45) is 0. The summed E-state index contributed by atoms with van der Waals surface area (Å²) >= 11 is 1.46. The van der Waals surface area contributed by atoms with Crippen LogP contribution in [0.5, 0.6) is 0 Å². The number of carbonyl (C=O) groups is 1. The fourth-order valence-corrected chi connectivity index (χ4v) is 2.89. The molecule has 3 nitrogen and oxygen atoms in total. The van der Waals surface area contributed by atoms with Crippen LogP contribution >= 0.6 is 11.8 Å². The van der Waals surface area contributed by atoms with Gasteiger partial charge >= 0.3 is 0 Å². The van der Waals surface area contributed by atoms with E-state index in [0.29, 0.717) is 5.75 Å². The minimum Gasteiger partial charge on any atom is -0.380 e. The maximum Gasteiger partial charge on any atom is 0.227 e. The van der Waals surface area contributed by atoms with Crippen LogP contribution in [-0.2, 0) is 11.3 Å². The maximum atomic E-state index is 10.9. The second-order valence-corrected chi connectivity index (χ2v) is 6.05. The zero-order valence-corrected chi connectivity index (χ0v) is 13.2. The largest absolute Gasteiger partial charge is 0.380 e. The minimum absolute atomic E-state index is 0.294. The van der Waals surface area contributed by atoms with Crippen molar-refractivity contribution in [1.82, 2.24) is 0 Å². The topological polar surface area (TPSA) is 55.1 Å². The van der Waals surface area contributed by atoms with Crippen molar-refractivity contribution in [2.24, 2.45) is 5.73 Å². The van der Waals surface area contributed by atoms with Crippen molar-refractivity contribution in [2.75, 3.05) is 11.1 Å². The van der Waals surface area contributed by atoms with Crippen LogP contribution in [0.3, 0.4) is 0 Å². The number of benzene rings is 2. The number of hydrogen-bond donors (Lipinski definition) is 2. The quantitative estimate of drug-likeness (QED) is 0.803. The van der Waals surface area contributed by atoms with Gasteiger partial charge in [0.25, 0.3) is 0 Å². The van der Waals surface area contributed by atoms with Crippen LogP contribution in [0.2, 0.25) is 0 Å². The van der Waals surface area contributed by atoms with Gasteiger partial charge in [-0.2, -0.15) is 0 Å². The van der Waals surface area contributed by atoms with Gasteiger partial charge in [-0.3, -0.25) is 4.79 Å². The predicted octanol–water partition coefficient (Wildman–Crippen LogP) is 3.49. The molecule has 1 amide bonds. The third-order valence-electron chi connectivity index (χ3n) is 3.22. The van der Waals surface area contributed by atoms with Gasteiger partial charge < -0.3 is 11.1 Å². The number of nitrogens with two attached hydrogens (primary N) is 1. The van der Waals surface area contributed by atoms with Gasteiger partial charge in [-0.25, -0.2) is 0 Å². The number of amides is 1. The molecule has 21 heavy (non-hydrogen) atoms. The first-order chi connectivity index (χ1) is 10.1. The molecule has 0 saturated heterocycles. The lowest BCUT2D eigenvalue weighted by Crippen LogP contribution is -2.13. The first-order valence-corrected chi connectivity index (χ1v) is 7.85. The normalized spacial score (nSPS) is 10.4. The number of anilines is 1. The van der Waals surface area contributed by atoms with Gasteiger partial charge in [-0.05, 0) is 37.1 Å². The van der Waals surface area contributed by atoms with Gasteiger partial charge in [-0.15, -0.1) is 11.8 Å². The Bertz CT molecular complexity index is 640. The van der Waals surface area contributed by atoms with Gasteiger partial charge in [0.2, 0.25) is 5.91 Å². The molecule has 110 valence electrons. The molecule has 0 heterocycles. The van der Waals surface area contributed by atoms with Crippen LogP contribution in [-0.4, -0.2) is 11.7 Å². The van der Waals surface area contributed by atoms with Gasteiger partial charge in [0.05, 0.1) is 5.75 Å². The number of nitrogens with one attached hydrogen (secondary N) is 1. The van der Waals surface area contributed by atoms with E-state index in [9.17, 15) is 4.79 Å². The van der Waals surface area contributed by atoms with Crippen molar-refractivity contribution in [3.63, 3.8) is 0 Å². The Hall–Kier alpha value is -1.94. The van der Waals surface area contributed by atoms with Gasteiger partial charge in [-0.1, -0.05) is 35.9 Å². The molecule has 2 rings (SSSR count). The number of aryl methyl sites for hydroxylation is 2. The minimum atomic E-state index is -0.302. The maximum absolute atomic E-state index is 10.9. The van der Waals surface area contributed by atoms with E-state index >= 15 is 0 Å². The first-order valence-electron chi connectivity index (χ1n) is 6.86. The van der Waals surface area contributed by atoms with Crippen LogP contribution in [0.4, 0.5) is 5.69 Å². The predicted molar refractivity (Wildman–Crippen MR) is 89.6 cm³/mol. The lowest BCUT2D eigenvalue weighted by atomic mass is 10.1. The molecule has 2 aromatic carbocycles. The standard InChI is InChI=1S/C17H20N2OS/c1-12-7-8-14(13(2)9-12)10-19-15-5-3-4-6-16(15)21-11-17(18)20/h3-9,19H,10-11H2,1-2H3,(H2,18,20). The zero-order valence-electron chi connectivity index (χ0n) is 12.3. The third kappa shape index (κ3) is 4.53. The molecule has 0 aliphatic heterocycles. The van der Waals surface area contributed by atoms with Crippen molar-refractivity contribution in [2.45, 2.75) is 25.3 Å². The molecule has 0 aliphatic rings. The lowest BCUT2D eigenvalue weighted by molar-refractivity contribution is -0.115. The molecule has 0 radical (unpaired) electrons. The SMILES string of the molecule is Cc1ccc(CNc2ccccc2SCC(N)=O)c(C)c1. The van der Waals surface area contributed by atoms with Crippen LogP contribution in [0.25, 0.3) is 0 Å². The highest BCUT2D eigenvalue weighted by Crippen LogP contribution is 2.27.